The van der Waals surface area contributed by atoms with E-state index >= 15 is 0 Å². The smallest absolute Gasteiger partial charge is 0.240 e. The third-order valence-corrected chi connectivity index (χ3v) is 2.66. The molecule has 0 saturated carbocycles. The molecule has 1 saturated heterocycles. The standard InChI is InChI=1S/C10H18N4O2/c1-10(2,9(15)13-12)7-14-3-4-16-8(5-11)6-14/h8H,3-4,6-7,12H2,1-2H3,(H,13,15). The molecule has 1 aliphatic heterocycles. The number of morpholine rings is 1. The molecule has 6 heteroatoms. The molecule has 1 aliphatic rings. The van der Waals surface area contributed by atoms with E-state index in [9.17, 15) is 4.79 Å². The zero-order chi connectivity index (χ0) is 12.2. The first-order valence-electron chi connectivity index (χ1n) is 5.24. The Kier molecular flexibility index (Phi) is 4.24. The summed E-state index contributed by atoms with van der Waals surface area (Å²) in [5, 5.41) is 8.76. The number of hydrazine groups is 1. The average molecular weight is 226 g/mol. The normalized spacial score (nSPS) is 22.5. The van der Waals surface area contributed by atoms with Crippen LogP contribution in [-0.4, -0.2) is 43.2 Å². The van der Waals surface area contributed by atoms with Crippen LogP contribution >= 0.6 is 0 Å². The van der Waals surface area contributed by atoms with Crippen molar-refractivity contribution < 1.29 is 9.53 Å². The van der Waals surface area contributed by atoms with Crippen molar-refractivity contribution in [2.24, 2.45) is 11.3 Å². The molecule has 0 spiro atoms. The van der Waals surface area contributed by atoms with Gasteiger partial charge in [0, 0.05) is 19.6 Å². The van der Waals surface area contributed by atoms with E-state index in [1.807, 2.05) is 18.7 Å². The number of ether oxygens (including phenoxy) is 1. The number of nitriles is 1. The molecule has 0 aliphatic carbocycles. The van der Waals surface area contributed by atoms with Crippen LogP contribution in [0.4, 0.5) is 0 Å². The minimum atomic E-state index is -0.563. The van der Waals surface area contributed by atoms with Gasteiger partial charge in [-0.1, -0.05) is 0 Å². The van der Waals surface area contributed by atoms with E-state index in [0.29, 0.717) is 19.7 Å². The fourth-order valence-corrected chi connectivity index (χ4v) is 1.75. The van der Waals surface area contributed by atoms with Crippen LogP contribution in [-0.2, 0) is 9.53 Å². The van der Waals surface area contributed by atoms with Crippen LogP contribution in [0.3, 0.4) is 0 Å². The summed E-state index contributed by atoms with van der Waals surface area (Å²) in [6.07, 6.45) is -0.398. The summed E-state index contributed by atoms with van der Waals surface area (Å²) in [5.74, 6) is 4.92. The van der Waals surface area contributed by atoms with Crippen LogP contribution in [0.15, 0.2) is 0 Å². The summed E-state index contributed by atoms with van der Waals surface area (Å²) in [6, 6.07) is 2.07. The van der Waals surface area contributed by atoms with Crippen molar-refractivity contribution in [1.82, 2.24) is 10.3 Å². The topological polar surface area (TPSA) is 91.4 Å². The molecule has 1 amide bonds. The molecule has 90 valence electrons. The van der Waals surface area contributed by atoms with E-state index in [1.54, 1.807) is 0 Å². The molecular weight excluding hydrogens is 208 g/mol. The van der Waals surface area contributed by atoms with Crippen molar-refractivity contribution in [3.8, 4) is 6.07 Å². The molecule has 1 heterocycles. The maximum Gasteiger partial charge on any atom is 0.240 e. The largest absolute Gasteiger partial charge is 0.361 e. The Morgan fingerprint density at radius 3 is 3.00 bits per heavy atom. The first kappa shape index (κ1) is 12.9. The molecule has 0 aromatic carbocycles. The van der Waals surface area contributed by atoms with Crippen molar-refractivity contribution in [1.29, 1.82) is 5.26 Å². The van der Waals surface area contributed by atoms with Gasteiger partial charge in [0.05, 0.1) is 18.1 Å². The number of carbonyl (C=O) groups is 1. The minimum absolute atomic E-state index is 0.201. The Balaban J connectivity index is 2.53. The van der Waals surface area contributed by atoms with Crippen LogP contribution in [0.2, 0.25) is 0 Å². The lowest BCUT2D eigenvalue weighted by atomic mass is 9.91. The summed E-state index contributed by atoms with van der Waals surface area (Å²) in [6.45, 7) is 6.02. The zero-order valence-corrected chi connectivity index (χ0v) is 9.69. The van der Waals surface area contributed by atoms with E-state index < -0.39 is 11.5 Å². The predicted octanol–water partition coefficient (Wildman–Crippen LogP) is -0.773. The van der Waals surface area contributed by atoms with Crippen molar-refractivity contribution in [2.45, 2.75) is 20.0 Å². The molecule has 1 rings (SSSR count). The van der Waals surface area contributed by atoms with Gasteiger partial charge in [0.2, 0.25) is 5.91 Å². The first-order valence-corrected chi connectivity index (χ1v) is 5.24. The molecule has 3 N–H and O–H groups in total. The van der Waals surface area contributed by atoms with Gasteiger partial charge in [-0.2, -0.15) is 5.26 Å². The number of rotatable bonds is 3. The van der Waals surface area contributed by atoms with Crippen molar-refractivity contribution in [3.05, 3.63) is 0 Å². The maximum absolute atomic E-state index is 11.5. The number of nitrogens with zero attached hydrogens (tertiary/aromatic N) is 2. The second-order valence-corrected chi connectivity index (χ2v) is 4.58. The zero-order valence-electron chi connectivity index (χ0n) is 9.69. The van der Waals surface area contributed by atoms with E-state index in [-0.39, 0.29) is 5.91 Å². The summed E-state index contributed by atoms with van der Waals surface area (Å²) in [7, 11) is 0. The Hall–Kier alpha value is -1.16. The SMILES string of the molecule is CC(C)(CN1CCOC(C#N)C1)C(=O)NN. The van der Waals surface area contributed by atoms with Crippen LogP contribution < -0.4 is 11.3 Å². The van der Waals surface area contributed by atoms with E-state index in [4.69, 9.17) is 15.8 Å². The Morgan fingerprint density at radius 2 is 2.44 bits per heavy atom. The first-order chi connectivity index (χ1) is 7.49. The van der Waals surface area contributed by atoms with Crippen LogP contribution in [0.5, 0.6) is 0 Å². The van der Waals surface area contributed by atoms with Gasteiger partial charge in [-0.15, -0.1) is 0 Å². The van der Waals surface area contributed by atoms with E-state index in [2.05, 4.69) is 11.5 Å². The van der Waals surface area contributed by atoms with Gasteiger partial charge in [0.25, 0.3) is 0 Å². The highest BCUT2D eigenvalue weighted by Gasteiger charge is 2.31. The highest BCUT2D eigenvalue weighted by molar-refractivity contribution is 5.81. The highest BCUT2D eigenvalue weighted by Crippen LogP contribution is 2.18. The Labute approximate surface area is 95.3 Å². The minimum Gasteiger partial charge on any atom is -0.361 e. The van der Waals surface area contributed by atoms with Gasteiger partial charge in [0.15, 0.2) is 6.10 Å². The van der Waals surface area contributed by atoms with Crippen LogP contribution in [0.25, 0.3) is 0 Å². The third kappa shape index (κ3) is 3.17. The van der Waals surface area contributed by atoms with Crippen LogP contribution in [0, 0.1) is 16.7 Å². The number of carbonyl (C=O) groups excluding carboxylic acids is 1. The van der Waals surface area contributed by atoms with Gasteiger partial charge >= 0.3 is 0 Å². The van der Waals surface area contributed by atoms with Gasteiger partial charge < -0.3 is 4.74 Å². The van der Waals surface area contributed by atoms with Gasteiger partial charge in [-0.25, -0.2) is 5.84 Å². The number of hydrogen-bond donors (Lipinski definition) is 2. The fourth-order valence-electron chi connectivity index (χ4n) is 1.75. The molecule has 6 nitrogen and oxygen atoms in total. The number of nitrogens with two attached hydrogens (primary N) is 1. The Bertz CT molecular complexity index is 298. The number of hydrogen-bond acceptors (Lipinski definition) is 5. The lowest BCUT2D eigenvalue weighted by Gasteiger charge is -2.35. The van der Waals surface area contributed by atoms with Gasteiger partial charge in [-0.3, -0.25) is 15.1 Å². The second-order valence-electron chi connectivity index (χ2n) is 4.58. The predicted molar refractivity (Wildman–Crippen MR) is 57.9 cm³/mol. The van der Waals surface area contributed by atoms with Crippen molar-refractivity contribution >= 4 is 5.91 Å². The summed E-state index contributed by atoms with van der Waals surface area (Å²) < 4.78 is 5.23. The third-order valence-electron chi connectivity index (χ3n) is 2.66. The molecule has 0 aromatic heterocycles. The average Bonchev–Trinajstić information content (AvgIpc) is 2.27. The molecular formula is C10H18N4O2. The van der Waals surface area contributed by atoms with Gasteiger partial charge in [0.1, 0.15) is 0 Å². The van der Waals surface area contributed by atoms with E-state index in [0.717, 1.165) is 6.54 Å². The quantitative estimate of drug-likeness (QED) is 0.374. The summed E-state index contributed by atoms with van der Waals surface area (Å²) in [4.78, 5) is 13.5. The van der Waals surface area contributed by atoms with Crippen LogP contribution in [0.1, 0.15) is 13.8 Å². The van der Waals surface area contributed by atoms with Crippen molar-refractivity contribution in [2.75, 3.05) is 26.2 Å². The lowest BCUT2D eigenvalue weighted by Crippen LogP contribution is -2.51. The lowest BCUT2D eigenvalue weighted by molar-refractivity contribution is -0.131. The molecule has 1 unspecified atom stereocenters. The molecule has 0 aromatic rings. The molecule has 0 bridgehead atoms. The fraction of sp³-hybridized carbons (Fsp3) is 0.800. The molecule has 1 fully saturated rings. The Morgan fingerprint density at radius 1 is 1.75 bits per heavy atom. The molecule has 0 radical (unpaired) electrons. The molecule has 1 atom stereocenters. The summed E-state index contributed by atoms with van der Waals surface area (Å²) in [5.41, 5.74) is 1.59. The summed E-state index contributed by atoms with van der Waals surface area (Å²) >= 11 is 0. The monoisotopic (exact) mass is 226 g/mol. The number of nitrogens with one attached hydrogen (secondary N) is 1. The maximum atomic E-state index is 11.5. The molecule has 16 heavy (non-hydrogen) atoms. The highest BCUT2D eigenvalue weighted by atomic mass is 16.5. The van der Waals surface area contributed by atoms with Gasteiger partial charge in [-0.05, 0) is 13.8 Å². The number of amides is 1. The van der Waals surface area contributed by atoms with E-state index in [1.165, 1.54) is 0 Å². The van der Waals surface area contributed by atoms with Crippen molar-refractivity contribution in [3.63, 3.8) is 0 Å². The second kappa shape index (κ2) is 5.25.